The van der Waals surface area contributed by atoms with E-state index >= 15 is 0 Å². The summed E-state index contributed by atoms with van der Waals surface area (Å²) < 4.78 is 6.35. The Morgan fingerprint density at radius 1 is 1.00 bits per heavy atom. The molecular formula is C15H26N2O. The first-order chi connectivity index (χ1) is 8.79. The zero-order chi connectivity index (χ0) is 12.1. The van der Waals surface area contributed by atoms with Crippen LogP contribution in [0.5, 0.6) is 0 Å². The number of hydrogen-bond donors (Lipinski definition) is 1. The zero-order valence-electron chi connectivity index (χ0n) is 11.4. The molecule has 0 unspecified atom stereocenters. The third-order valence-electron chi connectivity index (χ3n) is 5.77. The number of likely N-dealkylation sites (tertiary alicyclic amines) is 1. The van der Waals surface area contributed by atoms with Crippen LogP contribution in [0, 0.1) is 5.41 Å². The summed E-state index contributed by atoms with van der Waals surface area (Å²) in [5.41, 5.74) is 0.540. The smallest absolute Gasteiger partial charge is 0.121 e. The Morgan fingerprint density at radius 2 is 1.72 bits per heavy atom. The average Bonchev–Trinajstić information content (AvgIpc) is 3.16. The van der Waals surface area contributed by atoms with Crippen LogP contribution in [0.2, 0.25) is 0 Å². The van der Waals surface area contributed by atoms with Gasteiger partial charge in [0.05, 0.1) is 6.61 Å². The quantitative estimate of drug-likeness (QED) is 0.771. The molecule has 0 radical (unpaired) electrons. The highest BCUT2D eigenvalue weighted by Crippen LogP contribution is 2.43. The van der Waals surface area contributed by atoms with Crippen LogP contribution in [0.3, 0.4) is 0 Å². The van der Waals surface area contributed by atoms with Crippen LogP contribution in [0.15, 0.2) is 0 Å². The van der Waals surface area contributed by atoms with Crippen molar-refractivity contribution in [1.82, 2.24) is 10.2 Å². The SMILES string of the molecule is C1CCC2(C1)CNC1(CCN(C3CC3)CC1)OC2. The van der Waals surface area contributed by atoms with Crippen LogP contribution in [-0.2, 0) is 4.74 Å². The fourth-order valence-electron chi connectivity index (χ4n) is 4.20. The summed E-state index contributed by atoms with van der Waals surface area (Å²) in [7, 11) is 0. The van der Waals surface area contributed by atoms with Crippen molar-refractivity contribution in [2.75, 3.05) is 26.2 Å². The topological polar surface area (TPSA) is 24.5 Å². The van der Waals surface area contributed by atoms with Gasteiger partial charge in [-0.05, 0) is 25.7 Å². The molecule has 2 aliphatic heterocycles. The first kappa shape index (κ1) is 11.7. The minimum absolute atomic E-state index is 0.0409. The first-order valence-electron chi connectivity index (χ1n) is 7.92. The van der Waals surface area contributed by atoms with E-state index in [4.69, 9.17) is 4.74 Å². The molecule has 3 nitrogen and oxygen atoms in total. The molecule has 4 aliphatic rings. The van der Waals surface area contributed by atoms with E-state index < -0.39 is 0 Å². The van der Waals surface area contributed by atoms with Crippen molar-refractivity contribution >= 4 is 0 Å². The van der Waals surface area contributed by atoms with Gasteiger partial charge in [-0.3, -0.25) is 5.32 Å². The summed E-state index contributed by atoms with van der Waals surface area (Å²) in [6.07, 6.45) is 10.8. The minimum atomic E-state index is 0.0409. The second-order valence-electron chi connectivity index (χ2n) is 7.11. The molecule has 0 atom stereocenters. The molecule has 2 heterocycles. The molecular weight excluding hydrogens is 224 g/mol. The van der Waals surface area contributed by atoms with Crippen LogP contribution in [-0.4, -0.2) is 42.9 Å². The number of piperidine rings is 1. The molecule has 0 aromatic carbocycles. The Labute approximate surface area is 110 Å². The predicted octanol–water partition coefficient (Wildman–Crippen LogP) is 2.12. The Morgan fingerprint density at radius 3 is 2.28 bits per heavy atom. The lowest BCUT2D eigenvalue weighted by atomic mass is 9.83. The van der Waals surface area contributed by atoms with E-state index in [0.717, 1.165) is 12.6 Å². The Hall–Kier alpha value is -0.120. The van der Waals surface area contributed by atoms with Gasteiger partial charge in [0.25, 0.3) is 0 Å². The van der Waals surface area contributed by atoms with Crippen molar-refractivity contribution in [3.8, 4) is 0 Å². The lowest BCUT2D eigenvalue weighted by molar-refractivity contribution is -0.167. The van der Waals surface area contributed by atoms with Crippen molar-refractivity contribution in [1.29, 1.82) is 0 Å². The summed E-state index contributed by atoms with van der Waals surface area (Å²) >= 11 is 0. The molecule has 4 rings (SSSR count). The fourth-order valence-corrected chi connectivity index (χ4v) is 4.20. The molecule has 2 saturated heterocycles. The van der Waals surface area contributed by atoms with Crippen molar-refractivity contribution in [3.05, 3.63) is 0 Å². The van der Waals surface area contributed by atoms with Gasteiger partial charge in [0.2, 0.25) is 0 Å². The summed E-state index contributed by atoms with van der Waals surface area (Å²) in [5.74, 6) is 0. The van der Waals surface area contributed by atoms with Crippen molar-refractivity contribution < 1.29 is 4.74 Å². The summed E-state index contributed by atoms with van der Waals surface area (Å²) in [5, 5.41) is 3.80. The number of ether oxygens (including phenoxy) is 1. The molecule has 4 fully saturated rings. The number of rotatable bonds is 1. The maximum atomic E-state index is 6.35. The summed E-state index contributed by atoms with van der Waals surface area (Å²) in [6.45, 7) is 4.70. The van der Waals surface area contributed by atoms with Crippen molar-refractivity contribution in [2.45, 2.75) is 63.1 Å². The number of nitrogens with zero attached hydrogens (tertiary/aromatic N) is 1. The van der Waals surface area contributed by atoms with Gasteiger partial charge < -0.3 is 9.64 Å². The molecule has 0 aromatic rings. The van der Waals surface area contributed by atoms with Gasteiger partial charge in [-0.1, -0.05) is 12.8 Å². The molecule has 0 aromatic heterocycles. The van der Waals surface area contributed by atoms with Gasteiger partial charge in [0, 0.05) is 43.9 Å². The standard InChI is InChI=1S/C15H26N2O/c1-2-6-14(5-1)11-16-15(18-12-14)7-9-17(10-8-15)13-3-4-13/h13,16H,1-12H2. The number of hydrogen-bond acceptors (Lipinski definition) is 3. The molecule has 0 bridgehead atoms. The maximum Gasteiger partial charge on any atom is 0.121 e. The average molecular weight is 250 g/mol. The zero-order valence-corrected chi connectivity index (χ0v) is 11.4. The van der Waals surface area contributed by atoms with E-state index in [2.05, 4.69) is 10.2 Å². The first-order valence-corrected chi connectivity index (χ1v) is 7.92. The van der Waals surface area contributed by atoms with E-state index in [1.165, 1.54) is 71.0 Å². The van der Waals surface area contributed by atoms with Crippen LogP contribution < -0.4 is 5.32 Å². The Balaban J connectivity index is 1.35. The maximum absolute atomic E-state index is 6.35. The molecule has 2 saturated carbocycles. The molecule has 102 valence electrons. The minimum Gasteiger partial charge on any atom is -0.360 e. The summed E-state index contributed by atoms with van der Waals surface area (Å²) in [4.78, 5) is 2.68. The van der Waals surface area contributed by atoms with Crippen LogP contribution >= 0.6 is 0 Å². The third kappa shape index (κ3) is 2.00. The Kier molecular flexibility index (Phi) is 2.72. The Bertz CT molecular complexity index is 300. The van der Waals surface area contributed by atoms with Crippen molar-refractivity contribution in [3.63, 3.8) is 0 Å². The van der Waals surface area contributed by atoms with E-state index in [1.807, 2.05) is 0 Å². The van der Waals surface area contributed by atoms with Gasteiger partial charge in [-0.25, -0.2) is 0 Å². The van der Waals surface area contributed by atoms with E-state index in [-0.39, 0.29) is 5.72 Å². The highest BCUT2D eigenvalue weighted by atomic mass is 16.5. The fraction of sp³-hybridized carbons (Fsp3) is 1.00. The van der Waals surface area contributed by atoms with E-state index in [0.29, 0.717) is 5.41 Å². The highest BCUT2D eigenvalue weighted by molar-refractivity contribution is 4.98. The van der Waals surface area contributed by atoms with E-state index in [1.54, 1.807) is 0 Å². The predicted molar refractivity (Wildman–Crippen MR) is 71.4 cm³/mol. The van der Waals surface area contributed by atoms with Gasteiger partial charge in [-0.2, -0.15) is 0 Å². The molecule has 1 N–H and O–H groups in total. The molecule has 0 amide bonds. The van der Waals surface area contributed by atoms with Gasteiger partial charge >= 0.3 is 0 Å². The van der Waals surface area contributed by atoms with Crippen LogP contribution in [0.4, 0.5) is 0 Å². The highest BCUT2D eigenvalue weighted by Gasteiger charge is 2.46. The van der Waals surface area contributed by atoms with Crippen LogP contribution in [0.25, 0.3) is 0 Å². The second kappa shape index (κ2) is 4.19. The monoisotopic (exact) mass is 250 g/mol. The van der Waals surface area contributed by atoms with Crippen molar-refractivity contribution in [2.24, 2.45) is 5.41 Å². The molecule has 18 heavy (non-hydrogen) atoms. The van der Waals surface area contributed by atoms with Gasteiger partial charge in [0.15, 0.2) is 0 Å². The molecule has 2 aliphatic carbocycles. The summed E-state index contributed by atoms with van der Waals surface area (Å²) in [6, 6.07) is 0.923. The van der Waals surface area contributed by atoms with E-state index in [9.17, 15) is 0 Å². The largest absolute Gasteiger partial charge is 0.360 e. The normalized spacial score (nSPS) is 35.3. The molecule has 2 spiro atoms. The van der Waals surface area contributed by atoms with Gasteiger partial charge in [0.1, 0.15) is 5.72 Å². The number of nitrogens with one attached hydrogen (secondary N) is 1. The lowest BCUT2D eigenvalue weighted by Crippen LogP contribution is -2.62. The lowest BCUT2D eigenvalue weighted by Gasteiger charge is -2.49. The van der Waals surface area contributed by atoms with Gasteiger partial charge in [-0.15, -0.1) is 0 Å². The molecule has 3 heteroatoms. The third-order valence-corrected chi connectivity index (χ3v) is 5.77. The second-order valence-corrected chi connectivity index (χ2v) is 7.11. The van der Waals surface area contributed by atoms with Crippen LogP contribution in [0.1, 0.15) is 51.4 Å².